The van der Waals surface area contributed by atoms with Gasteiger partial charge in [0.15, 0.2) is 11.5 Å². The number of methoxy groups -OCH3 is 3. The van der Waals surface area contributed by atoms with Gasteiger partial charge in [-0.15, -0.1) is 0 Å². The van der Waals surface area contributed by atoms with Crippen molar-refractivity contribution in [1.29, 1.82) is 0 Å². The van der Waals surface area contributed by atoms with Crippen LogP contribution in [0.25, 0.3) is 0 Å². The van der Waals surface area contributed by atoms with Crippen LogP contribution in [-0.4, -0.2) is 32.2 Å². The first-order valence-electron chi connectivity index (χ1n) is 9.21. The van der Waals surface area contributed by atoms with Gasteiger partial charge in [-0.25, -0.2) is 0 Å². The van der Waals surface area contributed by atoms with Crippen molar-refractivity contribution in [2.75, 3.05) is 26.6 Å². The van der Waals surface area contributed by atoms with Gasteiger partial charge >= 0.3 is 0 Å². The fourth-order valence-corrected chi connectivity index (χ4v) is 3.18. The minimum absolute atomic E-state index is 0.123. The van der Waals surface area contributed by atoms with Crippen molar-refractivity contribution in [3.8, 4) is 17.2 Å². The number of nitrogens with zero attached hydrogens (tertiary/aromatic N) is 1. The highest BCUT2D eigenvalue weighted by Crippen LogP contribution is 2.40. The Bertz CT molecular complexity index is 921. The molecule has 1 aromatic heterocycles. The number of benzene rings is 2. The van der Waals surface area contributed by atoms with Gasteiger partial charge in [-0.05, 0) is 29.7 Å². The summed E-state index contributed by atoms with van der Waals surface area (Å²) in [6, 6.07) is 17.0. The molecule has 0 saturated heterocycles. The third-order valence-corrected chi connectivity index (χ3v) is 4.64. The number of hydrogen-bond donors (Lipinski definition) is 1. The maximum absolute atomic E-state index is 13.2. The number of aromatic nitrogens is 1. The van der Waals surface area contributed by atoms with Crippen molar-refractivity contribution in [3.05, 3.63) is 78.1 Å². The summed E-state index contributed by atoms with van der Waals surface area (Å²) in [5, 5.41) is 2.99. The molecule has 1 atom stereocenters. The van der Waals surface area contributed by atoms with Crippen LogP contribution in [0.2, 0.25) is 0 Å². The predicted molar refractivity (Wildman–Crippen MR) is 112 cm³/mol. The van der Waals surface area contributed by atoms with E-state index in [1.807, 2.05) is 42.5 Å². The maximum Gasteiger partial charge on any atom is 0.232 e. The van der Waals surface area contributed by atoms with Crippen molar-refractivity contribution in [1.82, 2.24) is 4.98 Å². The normalized spacial score (nSPS) is 11.4. The van der Waals surface area contributed by atoms with Crippen LogP contribution in [0.15, 0.2) is 67.0 Å². The molecule has 6 nitrogen and oxygen atoms in total. The molecule has 1 heterocycles. The van der Waals surface area contributed by atoms with Gasteiger partial charge in [0.2, 0.25) is 11.7 Å². The Balaban J connectivity index is 1.90. The van der Waals surface area contributed by atoms with Crippen LogP contribution in [0.3, 0.4) is 0 Å². The Hall–Kier alpha value is -3.54. The Morgan fingerprint density at radius 3 is 2.10 bits per heavy atom. The van der Waals surface area contributed by atoms with Crippen LogP contribution in [0.1, 0.15) is 17.0 Å². The van der Waals surface area contributed by atoms with Crippen molar-refractivity contribution in [2.45, 2.75) is 12.3 Å². The number of pyridine rings is 1. The molecule has 0 bridgehead atoms. The highest BCUT2D eigenvalue weighted by Gasteiger charge is 2.22. The zero-order chi connectivity index (χ0) is 20.6. The Morgan fingerprint density at radius 2 is 1.55 bits per heavy atom. The van der Waals surface area contributed by atoms with Crippen LogP contribution < -0.4 is 19.5 Å². The van der Waals surface area contributed by atoms with Gasteiger partial charge in [-0.2, -0.15) is 0 Å². The van der Waals surface area contributed by atoms with E-state index >= 15 is 0 Å². The Morgan fingerprint density at radius 1 is 0.931 bits per heavy atom. The average Bonchev–Trinajstić information content (AvgIpc) is 2.77. The molecular weight excluding hydrogens is 368 g/mol. The van der Waals surface area contributed by atoms with Crippen LogP contribution in [-0.2, 0) is 11.2 Å². The monoisotopic (exact) mass is 392 g/mol. The second-order valence-electron chi connectivity index (χ2n) is 6.43. The summed E-state index contributed by atoms with van der Waals surface area (Å²) >= 11 is 0. The number of carbonyl (C=O) groups is 1. The van der Waals surface area contributed by atoms with E-state index in [1.54, 1.807) is 45.9 Å². The Labute approximate surface area is 170 Å². The zero-order valence-electron chi connectivity index (χ0n) is 16.7. The van der Waals surface area contributed by atoms with Crippen molar-refractivity contribution < 1.29 is 19.0 Å². The highest BCUT2D eigenvalue weighted by molar-refractivity contribution is 5.96. The predicted octanol–water partition coefficient (Wildman–Crippen LogP) is 4.07. The van der Waals surface area contributed by atoms with Gasteiger partial charge in [0.25, 0.3) is 0 Å². The van der Waals surface area contributed by atoms with Gasteiger partial charge in [-0.1, -0.05) is 30.3 Å². The molecule has 0 spiro atoms. The first-order valence-corrected chi connectivity index (χ1v) is 9.21. The summed E-state index contributed by atoms with van der Waals surface area (Å²) < 4.78 is 16.1. The smallest absolute Gasteiger partial charge is 0.232 e. The molecule has 1 unspecified atom stereocenters. The summed E-state index contributed by atoms with van der Waals surface area (Å²) in [5.41, 5.74) is 2.54. The van der Waals surface area contributed by atoms with E-state index < -0.39 is 0 Å². The Kier molecular flexibility index (Phi) is 6.68. The van der Waals surface area contributed by atoms with Gasteiger partial charge in [0, 0.05) is 30.2 Å². The van der Waals surface area contributed by atoms with E-state index in [2.05, 4.69) is 10.3 Å². The number of carbonyl (C=O) groups excluding carboxylic acids is 1. The lowest BCUT2D eigenvalue weighted by Crippen LogP contribution is -2.23. The lowest BCUT2D eigenvalue weighted by molar-refractivity contribution is -0.117. The van der Waals surface area contributed by atoms with Crippen LogP contribution >= 0.6 is 0 Å². The zero-order valence-corrected chi connectivity index (χ0v) is 16.7. The third kappa shape index (κ3) is 4.85. The molecule has 0 radical (unpaired) electrons. The quantitative estimate of drug-likeness (QED) is 0.626. The molecule has 0 saturated carbocycles. The molecule has 29 heavy (non-hydrogen) atoms. The molecule has 6 heteroatoms. The number of nitrogens with one attached hydrogen (secondary N) is 1. The number of hydrogen-bond acceptors (Lipinski definition) is 5. The van der Waals surface area contributed by atoms with E-state index in [0.29, 0.717) is 29.4 Å². The second kappa shape index (κ2) is 9.59. The van der Waals surface area contributed by atoms with Crippen LogP contribution in [0.5, 0.6) is 17.2 Å². The molecular formula is C23H24N2O4. The van der Waals surface area contributed by atoms with E-state index in [0.717, 1.165) is 11.1 Å². The summed E-state index contributed by atoms with van der Waals surface area (Å²) in [4.78, 5) is 17.3. The van der Waals surface area contributed by atoms with Crippen LogP contribution in [0.4, 0.5) is 5.69 Å². The van der Waals surface area contributed by atoms with Crippen molar-refractivity contribution in [2.24, 2.45) is 0 Å². The second-order valence-corrected chi connectivity index (χ2v) is 6.43. The molecule has 1 amide bonds. The molecule has 0 fully saturated rings. The minimum Gasteiger partial charge on any atom is -0.493 e. The van der Waals surface area contributed by atoms with Crippen LogP contribution in [0, 0.1) is 0 Å². The first kappa shape index (κ1) is 20.2. The molecule has 0 aliphatic carbocycles. The molecule has 2 aromatic carbocycles. The minimum atomic E-state index is -0.363. The number of amides is 1. The van der Waals surface area contributed by atoms with E-state index in [4.69, 9.17) is 14.2 Å². The van der Waals surface area contributed by atoms with Gasteiger partial charge in [-0.3, -0.25) is 9.78 Å². The van der Waals surface area contributed by atoms with Gasteiger partial charge in [0.1, 0.15) is 0 Å². The largest absolute Gasteiger partial charge is 0.493 e. The van der Waals surface area contributed by atoms with Crippen molar-refractivity contribution in [3.63, 3.8) is 0 Å². The van der Waals surface area contributed by atoms with Crippen molar-refractivity contribution >= 4 is 11.6 Å². The standard InChI is InChI=1S/C23H24N2O4/c1-27-20-14-18(15-21(28-2)22(20)29-3)25-23(26)19(17-7-5-4-6-8-17)13-16-9-11-24-12-10-16/h4-12,14-15,19H,13H2,1-3H3,(H,25,26). The molecule has 150 valence electrons. The summed E-state index contributed by atoms with van der Waals surface area (Å²) in [6.07, 6.45) is 4.02. The lowest BCUT2D eigenvalue weighted by Gasteiger charge is -2.19. The number of anilines is 1. The molecule has 0 aliphatic rings. The SMILES string of the molecule is COc1cc(NC(=O)C(Cc2ccncc2)c2ccccc2)cc(OC)c1OC. The van der Waals surface area contributed by atoms with Gasteiger partial charge in [0.05, 0.1) is 27.2 Å². The topological polar surface area (TPSA) is 69.7 Å². The third-order valence-electron chi connectivity index (χ3n) is 4.64. The summed E-state index contributed by atoms with van der Waals surface area (Å²) in [5.74, 6) is 0.949. The maximum atomic E-state index is 13.2. The molecule has 1 N–H and O–H groups in total. The molecule has 3 rings (SSSR count). The molecule has 3 aromatic rings. The summed E-state index contributed by atoms with van der Waals surface area (Å²) in [7, 11) is 4.62. The average molecular weight is 392 g/mol. The summed E-state index contributed by atoms with van der Waals surface area (Å²) in [6.45, 7) is 0. The lowest BCUT2D eigenvalue weighted by atomic mass is 9.91. The fourth-order valence-electron chi connectivity index (χ4n) is 3.18. The van der Waals surface area contributed by atoms with E-state index in [9.17, 15) is 4.79 Å². The van der Waals surface area contributed by atoms with E-state index in [-0.39, 0.29) is 11.8 Å². The van der Waals surface area contributed by atoms with E-state index in [1.165, 1.54) is 0 Å². The number of rotatable bonds is 8. The fraction of sp³-hybridized carbons (Fsp3) is 0.217. The van der Waals surface area contributed by atoms with Gasteiger partial charge < -0.3 is 19.5 Å². The first-order chi connectivity index (χ1) is 14.2. The molecule has 0 aliphatic heterocycles. The number of ether oxygens (including phenoxy) is 3. The highest BCUT2D eigenvalue weighted by atomic mass is 16.5.